The SMILES string of the molecule is CNC(=O)c1ccc(-c2c(-c3ccc(C#N)c(C)c3)nc(N3CCC(N)CC3)n(C)c2=O)cn1. The Morgan fingerprint density at radius 2 is 1.91 bits per heavy atom. The molecule has 0 unspecified atom stereocenters. The lowest BCUT2D eigenvalue weighted by atomic mass is 9.98. The molecule has 1 aliphatic heterocycles. The number of carbonyl (C=O) groups excluding carboxylic acids is 1. The van der Waals surface area contributed by atoms with E-state index in [9.17, 15) is 14.9 Å². The quantitative estimate of drug-likeness (QED) is 0.613. The molecule has 2 aromatic heterocycles. The lowest BCUT2D eigenvalue weighted by Gasteiger charge is -2.32. The smallest absolute Gasteiger partial charge is 0.269 e. The van der Waals surface area contributed by atoms with E-state index in [2.05, 4.69) is 21.3 Å². The van der Waals surface area contributed by atoms with Gasteiger partial charge in [0.2, 0.25) is 5.95 Å². The van der Waals surface area contributed by atoms with Gasteiger partial charge in [0.1, 0.15) is 5.69 Å². The summed E-state index contributed by atoms with van der Waals surface area (Å²) < 4.78 is 1.55. The number of hydrogen-bond donors (Lipinski definition) is 2. The number of amides is 1. The van der Waals surface area contributed by atoms with Gasteiger partial charge in [0.05, 0.1) is 22.9 Å². The molecule has 1 amide bonds. The molecule has 1 aliphatic rings. The molecule has 34 heavy (non-hydrogen) atoms. The van der Waals surface area contributed by atoms with E-state index in [1.54, 1.807) is 35.9 Å². The highest BCUT2D eigenvalue weighted by Gasteiger charge is 2.24. The van der Waals surface area contributed by atoms with Crippen molar-refractivity contribution in [2.45, 2.75) is 25.8 Å². The van der Waals surface area contributed by atoms with Gasteiger partial charge < -0.3 is 16.0 Å². The summed E-state index contributed by atoms with van der Waals surface area (Å²) in [5.74, 6) is 0.270. The third kappa shape index (κ3) is 4.28. The van der Waals surface area contributed by atoms with Crippen LogP contribution in [-0.2, 0) is 7.05 Å². The molecule has 1 aromatic carbocycles. The van der Waals surface area contributed by atoms with E-state index in [1.165, 1.54) is 13.2 Å². The molecule has 9 heteroatoms. The first-order valence-corrected chi connectivity index (χ1v) is 11.1. The summed E-state index contributed by atoms with van der Waals surface area (Å²) in [7, 11) is 3.25. The Morgan fingerprint density at radius 3 is 2.50 bits per heavy atom. The minimum Gasteiger partial charge on any atom is -0.354 e. The first-order valence-electron chi connectivity index (χ1n) is 11.1. The van der Waals surface area contributed by atoms with Crippen LogP contribution in [0.1, 0.15) is 34.5 Å². The van der Waals surface area contributed by atoms with Gasteiger partial charge in [-0.1, -0.05) is 12.1 Å². The van der Waals surface area contributed by atoms with Crippen molar-refractivity contribution in [2.24, 2.45) is 12.8 Å². The Bertz CT molecular complexity index is 1330. The van der Waals surface area contributed by atoms with E-state index < -0.39 is 0 Å². The summed E-state index contributed by atoms with van der Waals surface area (Å²) in [4.78, 5) is 36.9. The zero-order valence-corrected chi connectivity index (χ0v) is 19.5. The van der Waals surface area contributed by atoms with Gasteiger partial charge in [-0.25, -0.2) is 4.98 Å². The normalized spacial score (nSPS) is 14.0. The number of nitrogens with two attached hydrogens (primary N) is 1. The fourth-order valence-electron chi connectivity index (χ4n) is 4.18. The Hall–Kier alpha value is -4.03. The molecular formula is C25H27N7O2. The monoisotopic (exact) mass is 457 g/mol. The molecule has 3 aromatic rings. The summed E-state index contributed by atoms with van der Waals surface area (Å²) in [5, 5.41) is 11.9. The van der Waals surface area contributed by atoms with Crippen molar-refractivity contribution in [1.82, 2.24) is 19.9 Å². The first-order chi connectivity index (χ1) is 16.3. The van der Waals surface area contributed by atoms with E-state index in [0.29, 0.717) is 28.3 Å². The molecule has 4 rings (SSSR count). The van der Waals surface area contributed by atoms with Crippen LogP contribution in [0.3, 0.4) is 0 Å². The number of pyridine rings is 1. The molecule has 1 saturated heterocycles. The van der Waals surface area contributed by atoms with Gasteiger partial charge in [-0.2, -0.15) is 5.26 Å². The van der Waals surface area contributed by atoms with Crippen LogP contribution in [0.4, 0.5) is 5.95 Å². The second kappa shape index (κ2) is 9.45. The van der Waals surface area contributed by atoms with Crippen molar-refractivity contribution in [3.63, 3.8) is 0 Å². The van der Waals surface area contributed by atoms with Crippen LogP contribution in [0.15, 0.2) is 41.3 Å². The topological polar surface area (TPSA) is 130 Å². The molecule has 0 atom stereocenters. The van der Waals surface area contributed by atoms with Gasteiger partial charge in [0.25, 0.3) is 11.5 Å². The lowest BCUT2D eigenvalue weighted by Crippen LogP contribution is -2.42. The third-order valence-electron chi connectivity index (χ3n) is 6.22. The fourth-order valence-corrected chi connectivity index (χ4v) is 4.18. The molecule has 0 bridgehead atoms. The van der Waals surface area contributed by atoms with Gasteiger partial charge in [0, 0.05) is 50.6 Å². The average Bonchev–Trinajstić information content (AvgIpc) is 2.85. The standard InChI is InChI=1S/C25H27N7O2/c1-15-12-16(4-5-17(15)13-26)22-21(18-6-7-20(29-14-18)23(33)28-2)24(34)31(3)25(30-22)32-10-8-19(27)9-11-32/h4-7,12,14,19H,8-11,27H2,1-3H3,(H,28,33). The second-order valence-electron chi connectivity index (χ2n) is 8.48. The van der Waals surface area contributed by atoms with Gasteiger partial charge in [-0.05, 0) is 43.5 Å². The summed E-state index contributed by atoms with van der Waals surface area (Å²) in [6.07, 6.45) is 3.17. The highest BCUT2D eigenvalue weighted by molar-refractivity contribution is 5.92. The maximum absolute atomic E-state index is 13.7. The number of piperidine rings is 1. The highest BCUT2D eigenvalue weighted by atomic mass is 16.1. The largest absolute Gasteiger partial charge is 0.354 e. The molecule has 3 heterocycles. The summed E-state index contributed by atoms with van der Waals surface area (Å²) in [6.45, 7) is 3.29. The zero-order chi connectivity index (χ0) is 24.4. The number of nitriles is 1. The maximum Gasteiger partial charge on any atom is 0.269 e. The van der Waals surface area contributed by atoms with Crippen LogP contribution in [0.2, 0.25) is 0 Å². The number of rotatable bonds is 4. The van der Waals surface area contributed by atoms with Gasteiger partial charge >= 0.3 is 0 Å². The number of benzene rings is 1. The Kier molecular flexibility index (Phi) is 6.43. The van der Waals surface area contributed by atoms with Gasteiger partial charge in [0.15, 0.2) is 0 Å². The number of anilines is 1. The van der Waals surface area contributed by atoms with Crippen molar-refractivity contribution < 1.29 is 4.79 Å². The Morgan fingerprint density at radius 1 is 1.21 bits per heavy atom. The molecule has 0 saturated carbocycles. The van der Waals surface area contributed by atoms with Crippen molar-refractivity contribution in [3.8, 4) is 28.5 Å². The molecule has 0 spiro atoms. The van der Waals surface area contributed by atoms with E-state index >= 15 is 0 Å². The molecule has 1 fully saturated rings. The second-order valence-corrected chi connectivity index (χ2v) is 8.48. The summed E-state index contributed by atoms with van der Waals surface area (Å²) >= 11 is 0. The molecule has 174 valence electrons. The molecular weight excluding hydrogens is 430 g/mol. The maximum atomic E-state index is 13.7. The number of aromatic nitrogens is 3. The minimum absolute atomic E-state index is 0.151. The van der Waals surface area contributed by atoms with E-state index in [0.717, 1.165) is 37.1 Å². The molecule has 0 radical (unpaired) electrons. The number of nitrogens with one attached hydrogen (secondary N) is 1. The molecule has 3 N–H and O–H groups in total. The number of hydrogen-bond acceptors (Lipinski definition) is 7. The lowest BCUT2D eigenvalue weighted by molar-refractivity contribution is 0.0958. The van der Waals surface area contributed by atoms with Crippen LogP contribution >= 0.6 is 0 Å². The average molecular weight is 458 g/mol. The highest BCUT2D eigenvalue weighted by Crippen LogP contribution is 2.31. The third-order valence-corrected chi connectivity index (χ3v) is 6.22. The molecule has 0 aliphatic carbocycles. The minimum atomic E-state index is -0.306. The Balaban J connectivity index is 1.92. The van der Waals surface area contributed by atoms with Crippen LogP contribution in [0.5, 0.6) is 0 Å². The number of carbonyl (C=O) groups is 1. The predicted molar refractivity (Wildman–Crippen MR) is 130 cm³/mol. The van der Waals surface area contributed by atoms with E-state index in [-0.39, 0.29) is 23.2 Å². The van der Waals surface area contributed by atoms with Crippen LogP contribution < -0.4 is 21.5 Å². The predicted octanol–water partition coefficient (Wildman–Crippen LogP) is 1.98. The van der Waals surface area contributed by atoms with E-state index in [1.807, 2.05) is 13.0 Å². The summed E-state index contributed by atoms with van der Waals surface area (Å²) in [5.41, 5.74) is 9.67. The number of aryl methyl sites for hydroxylation is 1. The van der Waals surface area contributed by atoms with Crippen molar-refractivity contribution in [3.05, 3.63) is 63.7 Å². The van der Waals surface area contributed by atoms with Gasteiger partial charge in [-0.15, -0.1) is 0 Å². The van der Waals surface area contributed by atoms with Crippen molar-refractivity contribution >= 4 is 11.9 Å². The number of nitrogens with zero attached hydrogens (tertiary/aromatic N) is 5. The van der Waals surface area contributed by atoms with Crippen molar-refractivity contribution in [2.75, 3.05) is 25.0 Å². The Labute approximate surface area is 197 Å². The fraction of sp³-hybridized carbons (Fsp3) is 0.320. The van der Waals surface area contributed by atoms with Crippen molar-refractivity contribution in [1.29, 1.82) is 5.26 Å². The summed E-state index contributed by atoms with van der Waals surface area (Å²) in [6, 6.07) is 11.0. The van der Waals surface area contributed by atoms with Crippen LogP contribution in [0.25, 0.3) is 22.4 Å². The zero-order valence-electron chi connectivity index (χ0n) is 19.5. The van der Waals surface area contributed by atoms with Gasteiger partial charge in [-0.3, -0.25) is 19.1 Å². The first kappa shape index (κ1) is 23.1. The van der Waals surface area contributed by atoms with Crippen LogP contribution in [0, 0.1) is 18.3 Å². The van der Waals surface area contributed by atoms with E-state index in [4.69, 9.17) is 10.7 Å². The molecule has 9 nitrogen and oxygen atoms in total. The van der Waals surface area contributed by atoms with Crippen LogP contribution in [-0.4, -0.2) is 46.6 Å².